The number of benzene rings is 1. The molecule has 24 heavy (non-hydrogen) atoms. The second-order valence-electron chi connectivity index (χ2n) is 6.80. The lowest BCUT2D eigenvalue weighted by Crippen LogP contribution is -2.35. The number of nitrogens with one attached hydrogen (secondary N) is 1. The Kier molecular flexibility index (Phi) is 4.38. The van der Waals surface area contributed by atoms with Gasteiger partial charge in [0.25, 0.3) is 0 Å². The average molecular weight is 328 g/mol. The molecule has 1 aromatic heterocycles. The van der Waals surface area contributed by atoms with Gasteiger partial charge in [-0.25, -0.2) is 0 Å². The van der Waals surface area contributed by atoms with Gasteiger partial charge < -0.3 is 19.8 Å². The van der Waals surface area contributed by atoms with Gasteiger partial charge in [-0.3, -0.25) is 0 Å². The average Bonchev–Trinajstić information content (AvgIpc) is 3.39. The van der Waals surface area contributed by atoms with Gasteiger partial charge >= 0.3 is 0 Å². The van der Waals surface area contributed by atoms with Gasteiger partial charge in [0.1, 0.15) is 0 Å². The minimum absolute atomic E-state index is 0.300. The molecule has 2 N–H and O–H groups in total. The zero-order valence-corrected chi connectivity index (χ0v) is 13.8. The highest BCUT2D eigenvalue weighted by Gasteiger charge is 2.28. The molecule has 6 nitrogen and oxygen atoms in total. The highest BCUT2D eigenvalue weighted by molar-refractivity contribution is 5.70. The fraction of sp³-hybridized carbons (Fsp3) is 0.556. The van der Waals surface area contributed by atoms with Crippen molar-refractivity contribution in [3.05, 3.63) is 36.0 Å². The zero-order chi connectivity index (χ0) is 16.4. The monoisotopic (exact) mass is 328 g/mol. The van der Waals surface area contributed by atoms with Crippen molar-refractivity contribution in [1.82, 2.24) is 10.1 Å². The molecule has 1 saturated heterocycles. The predicted molar refractivity (Wildman–Crippen MR) is 92.1 cm³/mol. The molecule has 0 bridgehead atoms. The smallest absolute Gasteiger partial charge is 0.245 e. The highest BCUT2D eigenvalue weighted by atomic mass is 16.5. The lowest BCUT2D eigenvalue weighted by molar-refractivity contribution is 0.203. The molecule has 0 unspecified atom stereocenters. The Labute approximate surface area is 141 Å². The molecular formula is C18H24N4O2. The third-order valence-corrected chi connectivity index (χ3v) is 4.97. The maximum Gasteiger partial charge on any atom is 0.245 e. The van der Waals surface area contributed by atoms with Crippen molar-refractivity contribution in [2.45, 2.75) is 38.1 Å². The molecule has 128 valence electrons. The molecule has 1 aliphatic heterocycles. The van der Waals surface area contributed by atoms with Gasteiger partial charge in [0.05, 0.1) is 17.9 Å². The third-order valence-electron chi connectivity index (χ3n) is 4.97. The summed E-state index contributed by atoms with van der Waals surface area (Å²) in [5.41, 5.74) is 2.29. The largest absolute Gasteiger partial charge is 0.396 e. The Morgan fingerprint density at radius 1 is 1.17 bits per heavy atom. The maximum atomic E-state index is 9.30. The van der Waals surface area contributed by atoms with Gasteiger partial charge in [-0.1, -0.05) is 17.3 Å². The van der Waals surface area contributed by atoms with Crippen LogP contribution in [0.4, 0.5) is 11.4 Å². The minimum Gasteiger partial charge on any atom is -0.396 e. The number of rotatable bonds is 6. The Morgan fingerprint density at radius 3 is 2.71 bits per heavy atom. The third kappa shape index (κ3) is 3.38. The number of anilines is 2. The number of para-hydroxylation sites is 2. The topological polar surface area (TPSA) is 74.4 Å². The number of aliphatic hydroxyl groups excluding tert-OH is 1. The first kappa shape index (κ1) is 15.4. The van der Waals surface area contributed by atoms with Crippen molar-refractivity contribution >= 4 is 11.4 Å². The van der Waals surface area contributed by atoms with Crippen LogP contribution in [-0.4, -0.2) is 34.9 Å². The molecule has 0 spiro atoms. The van der Waals surface area contributed by atoms with Crippen LogP contribution in [-0.2, 0) is 6.54 Å². The molecule has 0 radical (unpaired) electrons. The number of piperidine rings is 1. The number of aliphatic hydroxyl groups is 1. The fourth-order valence-electron chi connectivity index (χ4n) is 3.27. The van der Waals surface area contributed by atoms with Crippen LogP contribution in [0.2, 0.25) is 0 Å². The number of hydrogen-bond acceptors (Lipinski definition) is 6. The van der Waals surface area contributed by atoms with Crippen molar-refractivity contribution in [3.63, 3.8) is 0 Å². The predicted octanol–water partition coefficient (Wildman–Crippen LogP) is 2.77. The Bertz CT molecular complexity index is 675. The van der Waals surface area contributed by atoms with E-state index in [1.165, 1.54) is 18.5 Å². The molecule has 0 atom stereocenters. The van der Waals surface area contributed by atoms with Gasteiger partial charge in [-0.05, 0) is 43.7 Å². The van der Waals surface area contributed by atoms with Crippen molar-refractivity contribution in [2.75, 3.05) is 29.9 Å². The van der Waals surface area contributed by atoms with Gasteiger partial charge in [0.2, 0.25) is 5.89 Å². The maximum absolute atomic E-state index is 9.30. The molecule has 2 heterocycles. The van der Waals surface area contributed by atoms with E-state index in [2.05, 4.69) is 38.6 Å². The normalized spacial score (nSPS) is 18.8. The SMILES string of the molecule is OCC1CCN(c2ccccc2NCc2nc(C3CC3)no2)CC1. The van der Waals surface area contributed by atoms with Crippen LogP contribution >= 0.6 is 0 Å². The van der Waals surface area contributed by atoms with E-state index in [1.807, 2.05) is 6.07 Å². The van der Waals surface area contributed by atoms with Crippen LogP contribution in [0.1, 0.15) is 43.3 Å². The van der Waals surface area contributed by atoms with Crippen molar-refractivity contribution in [2.24, 2.45) is 5.92 Å². The lowest BCUT2D eigenvalue weighted by atomic mass is 9.97. The van der Waals surface area contributed by atoms with Gasteiger partial charge in [0, 0.05) is 25.6 Å². The molecule has 6 heteroatoms. The first-order valence-corrected chi connectivity index (χ1v) is 8.84. The lowest BCUT2D eigenvalue weighted by Gasteiger charge is -2.34. The number of nitrogens with zero attached hydrogens (tertiary/aromatic N) is 3. The van der Waals surface area contributed by atoms with E-state index in [1.54, 1.807) is 0 Å². The van der Waals surface area contributed by atoms with Crippen LogP contribution in [0.25, 0.3) is 0 Å². The molecular weight excluding hydrogens is 304 g/mol. The summed E-state index contributed by atoms with van der Waals surface area (Å²) in [6.45, 7) is 2.81. The van der Waals surface area contributed by atoms with E-state index in [0.717, 1.165) is 37.4 Å². The summed E-state index contributed by atoms with van der Waals surface area (Å²) < 4.78 is 5.34. The van der Waals surface area contributed by atoms with E-state index in [9.17, 15) is 5.11 Å². The van der Waals surface area contributed by atoms with Crippen LogP contribution in [0, 0.1) is 5.92 Å². The van der Waals surface area contributed by atoms with E-state index < -0.39 is 0 Å². The quantitative estimate of drug-likeness (QED) is 0.849. The first-order valence-electron chi connectivity index (χ1n) is 8.84. The molecule has 2 aromatic rings. The second-order valence-corrected chi connectivity index (χ2v) is 6.80. The summed E-state index contributed by atoms with van der Waals surface area (Å²) in [6, 6.07) is 8.34. The van der Waals surface area contributed by atoms with E-state index in [0.29, 0.717) is 30.9 Å². The summed E-state index contributed by atoms with van der Waals surface area (Å²) in [4.78, 5) is 6.86. The highest BCUT2D eigenvalue weighted by Crippen LogP contribution is 2.38. The fourth-order valence-corrected chi connectivity index (χ4v) is 3.27. The number of hydrogen-bond donors (Lipinski definition) is 2. The van der Waals surface area contributed by atoms with Crippen molar-refractivity contribution in [3.8, 4) is 0 Å². The molecule has 0 amide bonds. The van der Waals surface area contributed by atoms with Gasteiger partial charge in [0.15, 0.2) is 5.82 Å². The summed E-state index contributed by atoms with van der Waals surface area (Å²) in [5.74, 6) is 2.46. The van der Waals surface area contributed by atoms with Crippen LogP contribution in [0.15, 0.2) is 28.8 Å². The zero-order valence-electron chi connectivity index (χ0n) is 13.8. The molecule has 2 fully saturated rings. The summed E-state index contributed by atoms with van der Waals surface area (Å²) >= 11 is 0. The van der Waals surface area contributed by atoms with E-state index in [4.69, 9.17) is 4.52 Å². The first-order chi connectivity index (χ1) is 11.8. The summed E-state index contributed by atoms with van der Waals surface area (Å²) in [5, 5.41) is 16.8. The molecule has 1 saturated carbocycles. The Hall–Kier alpha value is -2.08. The van der Waals surface area contributed by atoms with E-state index in [-0.39, 0.29) is 0 Å². The molecule has 1 aliphatic carbocycles. The number of aromatic nitrogens is 2. The molecule has 2 aliphatic rings. The van der Waals surface area contributed by atoms with Crippen molar-refractivity contribution < 1.29 is 9.63 Å². The standard InChI is InChI=1S/C18H24N4O2/c23-12-13-7-9-22(10-8-13)16-4-2-1-3-15(16)19-11-17-20-18(21-24-17)14-5-6-14/h1-4,13-14,19,23H,5-12H2. The van der Waals surface area contributed by atoms with Crippen molar-refractivity contribution in [1.29, 1.82) is 0 Å². The summed E-state index contributed by atoms with van der Waals surface area (Å²) in [6.07, 6.45) is 4.44. The van der Waals surface area contributed by atoms with Crippen LogP contribution in [0.5, 0.6) is 0 Å². The van der Waals surface area contributed by atoms with E-state index >= 15 is 0 Å². The van der Waals surface area contributed by atoms with Gasteiger partial charge in [-0.15, -0.1) is 0 Å². The minimum atomic E-state index is 0.300. The Morgan fingerprint density at radius 2 is 1.96 bits per heavy atom. The second kappa shape index (κ2) is 6.81. The Balaban J connectivity index is 1.41. The van der Waals surface area contributed by atoms with Crippen LogP contribution < -0.4 is 10.2 Å². The van der Waals surface area contributed by atoms with Gasteiger partial charge in [-0.2, -0.15) is 4.98 Å². The molecule has 1 aromatic carbocycles. The molecule has 4 rings (SSSR count). The van der Waals surface area contributed by atoms with Crippen LogP contribution in [0.3, 0.4) is 0 Å². The summed E-state index contributed by atoms with van der Waals surface area (Å²) in [7, 11) is 0.